The standard InChI is InChI=1S/C11H11N/c1-12-8-10-7-6-9-4-2-3-5-11(9)10/h2-5,10H,6-8H2. The molecule has 0 bridgehead atoms. The molecule has 0 radical (unpaired) electrons. The van der Waals surface area contributed by atoms with Crippen molar-refractivity contribution in [1.82, 2.24) is 0 Å². The molecule has 0 aromatic heterocycles. The van der Waals surface area contributed by atoms with E-state index in [9.17, 15) is 0 Å². The van der Waals surface area contributed by atoms with E-state index < -0.39 is 0 Å². The largest absolute Gasteiger partial charge is 0.316 e. The zero-order valence-electron chi connectivity index (χ0n) is 6.96. The molecule has 0 saturated carbocycles. The Labute approximate surface area is 72.9 Å². The van der Waals surface area contributed by atoms with Crippen LogP contribution in [0.4, 0.5) is 0 Å². The molecule has 0 amide bonds. The Hall–Kier alpha value is -1.29. The van der Waals surface area contributed by atoms with Crippen LogP contribution in [0, 0.1) is 6.57 Å². The molecule has 1 aliphatic carbocycles. The average Bonchev–Trinajstić information content (AvgIpc) is 2.50. The second-order valence-electron chi connectivity index (χ2n) is 3.28. The highest BCUT2D eigenvalue weighted by molar-refractivity contribution is 5.35. The minimum Gasteiger partial charge on any atom is -0.316 e. The van der Waals surface area contributed by atoms with Crippen molar-refractivity contribution in [3.8, 4) is 0 Å². The highest BCUT2D eigenvalue weighted by atomic mass is 14.6. The summed E-state index contributed by atoms with van der Waals surface area (Å²) >= 11 is 0. The van der Waals surface area contributed by atoms with Gasteiger partial charge in [0.1, 0.15) is 0 Å². The molecule has 0 N–H and O–H groups in total. The maximum atomic E-state index is 6.83. The molecule has 0 spiro atoms. The van der Waals surface area contributed by atoms with E-state index in [1.54, 1.807) is 0 Å². The summed E-state index contributed by atoms with van der Waals surface area (Å²) in [6.07, 6.45) is 2.33. The summed E-state index contributed by atoms with van der Waals surface area (Å²) < 4.78 is 0. The van der Waals surface area contributed by atoms with Gasteiger partial charge in [-0.15, -0.1) is 0 Å². The van der Waals surface area contributed by atoms with Crippen LogP contribution in [0.2, 0.25) is 0 Å². The summed E-state index contributed by atoms with van der Waals surface area (Å²) in [5, 5.41) is 0. The summed E-state index contributed by atoms with van der Waals surface area (Å²) in [5.74, 6) is 0.513. The molecule has 1 aromatic rings. The number of hydrogen-bond donors (Lipinski definition) is 0. The van der Waals surface area contributed by atoms with Crippen molar-refractivity contribution >= 4 is 0 Å². The van der Waals surface area contributed by atoms with Crippen LogP contribution >= 0.6 is 0 Å². The fourth-order valence-corrected chi connectivity index (χ4v) is 1.95. The second kappa shape index (κ2) is 2.98. The molecule has 60 valence electrons. The SMILES string of the molecule is [C-]#[N+]CC1CCc2ccccc21. The van der Waals surface area contributed by atoms with E-state index in [4.69, 9.17) is 6.57 Å². The van der Waals surface area contributed by atoms with Gasteiger partial charge < -0.3 is 4.85 Å². The predicted octanol–water partition coefficient (Wildman–Crippen LogP) is 2.64. The lowest BCUT2D eigenvalue weighted by Gasteiger charge is -2.02. The molecular formula is C11H11N. The lowest BCUT2D eigenvalue weighted by atomic mass is 10.0. The first-order chi connectivity index (χ1) is 5.92. The number of rotatable bonds is 1. The Bertz CT molecular complexity index is 322. The third-order valence-corrected chi connectivity index (χ3v) is 2.57. The maximum absolute atomic E-state index is 6.83. The van der Waals surface area contributed by atoms with Gasteiger partial charge >= 0.3 is 0 Å². The molecule has 1 unspecified atom stereocenters. The van der Waals surface area contributed by atoms with Crippen molar-refractivity contribution in [1.29, 1.82) is 0 Å². The molecule has 0 saturated heterocycles. The maximum Gasteiger partial charge on any atom is 0.221 e. The molecule has 2 rings (SSSR count). The topological polar surface area (TPSA) is 4.36 Å². The second-order valence-corrected chi connectivity index (χ2v) is 3.28. The van der Waals surface area contributed by atoms with E-state index in [0.717, 1.165) is 6.42 Å². The van der Waals surface area contributed by atoms with Gasteiger partial charge in [-0.1, -0.05) is 24.3 Å². The summed E-state index contributed by atoms with van der Waals surface area (Å²) in [7, 11) is 0. The van der Waals surface area contributed by atoms with Gasteiger partial charge in [0.25, 0.3) is 0 Å². The molecule has 0 aliphatic heterocycles. The Morgan fingerprint density at radius 3 is 3.08 bits per heavy atom. The van der Waals surface area contributed by atoms with Crippen molar-refractivity contribution in [2.24, 2.45) is 0 Å². The molecular weight excluding hydrogens is 146 g/mol. The molecule has 1 atom stereocenters. The van der Waals surface area contributed by atoms with Gasteiger partial charge in [0, 0.05) is 0 Å². The van der Waals surface area contributed by atoms with Crippen molar-refractivity contribution in [2.45, 2.75) is 18.8 Å². The molecule has 1 aliphatic rings. The predicted molar refractivity (Wildman–Crippen MR) is 49.0 cm³/mol. The van der Waals surface area contributed by atoms with Crippen molar-refractivity contribution in [3.63, 3.8) is 0 Å². The number of fused-ring (bicyclic) bond motifs is 1. The van der Waals surface area contributed by atoms with Crippen LogP contribution < -0.4 is 0 Å². The van der Waals surface area contributed by atoms with E-state index in [1.807, 2.05) is 0 Å². The van der Waals surface area contributed by atoms with E-state index in [-0.39, 0.29) is 0 Å². The van der Waals surface area contributed by atoms with Crippen LogP contribution in [0.25, 0.3) is 4.85 Å². The highest BCUT2D eigenvalue weighted by Crippen LogP contribution is 2.32. The molecule has 0 heterocycles. The van der Waals surface area contributed by atoms with Gasteiger partial charge in [-0.25, -0.2) is 6.57 Å². The van der Waals surface area contributed by atoms with Crippen LogP contribution in [0.1, 0.15) is 23.5 Å². The summed E-state index contributed by atoms with van der Waals surface area (Å²) in [4.78, 5) is 3.47. The van der Waals surface area contributed by atoms with Crippen molar-refractivity contribution < 1.29 is 0 Å². The van der Waals surface area contributed by atoms with Gasteiger partial charge in [-0.3, -0.25) is 0 Å². The first-order valence-corrected chi connectivity index (χ1v) is 4.33. The third kappa shape index (κ3) is 1.10. The van der Waals surface area contributed by atoms with E-state index in [2.05, 4.69) is 29.1 Å². The zero-order chi connectivity index (χ0) is 8.39. The average molecular weight is 157 g/mol. The number of aryl methyl sites for hydroxylation is 1. The Balaban J connectivity index is 2.31. The zero-order valence-corrected chi connectivity index (χ0v) is 6.96. The van der Waals surface area contributed by atoms with Crippen LogP contribution in [0.3, 0.4) is 0 Å². The minimum absolute atomic E-state index is 0.513. The first kappa shape index (κ1) is 7.36. The van der Waals surface area contributed by atoms with Gasteiger partial charge in [-0.2, -0.15) is 0 Å². The normalized spacial score (nSPS) is 20.1. The monoisotopic (exact) mass is 157 g/mol. The summed E-state index contributed by atoms with van der Waals surface area (Å²) in [6.45, 7) is 7.50. The van der Waals surface area contributed by atoms with Crippen LogP contribution in [0.15, 0.2) is 24.3 Å². The third-order valence-electron chi connectivity index (χ3n) is 2.57. The first-order valence-electron chi connectivity index (χ1n) is 4.33. The molecule has 0 fully saturated rings. The fourth-order valence-electron chi connectivity index (χ4n) is 1.95. The Morgan fingerprint density at radius 1 is 1.42 bits per heavy atom. The molecule has 1 aromatic carbocycles. The van der Waals surface area contributed by atoms with Crippen molar-refractivity contribution in [2.75, 3.05) is 6.54 Å². The fraction of sp³-hybridized carbons (Fsp3) is 0.364. The van der Waals surface area contributed by atoms with Crippen LogP contribution in [-0.2, 0) is 6.42 Å². The van der Waals surface area contributed by atoms with E-state index >= 15 is 0 Å². The van der Waals surface area contributed by atoms with Gasteiger partial charge in [0.15, 0.2) is 0 Å². The number of benzene rings is 1. The van der Waals surface area contributed by atoms with Gasteiger partial charge in [0.2, 0.25) is 6.54 Å². The van der Waals surface area contributed by atoms with Crippen LogP contribution in [0.5, 0.6) is 0 Å². The molecule has 1 nitrogen and oxygen atoms in total. The van der Waals surface area contributed by atoms with Gasteiger partial charge in [-0.05, 0) is 24.0 Å². The summed E-state index contributed by atoms with van der Waals surface area (Å²) in [5.41, 5.74) is 2.86. The van der Waals surface area contributed by atoms with Crippen molar-refractivity contribution in [3.05, 3.63) is 46.8 Å². The lowest BCUT2D eigenvalue weighted by molar-refractivity contribution is 0.727. The quantitative estimate of drug-likeness (QED) is 0.552. The number of hydrogen-bond acceptors (Lipinski definition) is 0. The number of nitrogens with zero attached hydrogens (tertiary/aromatic N) is 1. The lowest BCUT2D eigenvalue weighted by Crippen LogP contribution is -1.95. The molecule has 1 heteroatoms. The highest BCUT2D eigenvalue weighted by Gasteiger charge is 2.23. The van der Waals surface area contributed by atoms with E-state index in [1.165, 1.54) is 17.5 Å². The van der Waals surface area contributed by atoms with Gasteiger partial charge in [0.05, 0.1) is 5.92 Å². The summed E-state index contributed by atoms with van der Waals surface area (Å²) in [6, 6.07) is 8.50. The van der Waals surface area contributed by atoms with Crippen LogP contribution in [-0.4, -0.2) is 6.54 Å². The Morgan fingerprint density at radius 2 is 2.25 bits per heavy atom. The molecule has 12 heavy (non-hydrogen) atoms. The Kier molecular flexibility index (Phi) is 1.83. The smallest absolute Gasteiger partial charge is 0.221 e. The van der Waals surface area contributed by atoms with E-state index in [0.29, 0.717) is 12.5 Å². The minimum atomic E-state index is 0.513.